The third kappa shape index (κ3) is 3.65. The van der Waals surface area contributed by atoms with Gasteiger partial charge < -0.3 is 14.8 Å². The summed E-state index contributed by atoms with van der Waals surface area (Å²) in [4.78, 5) is 25.2. The van der Waals surface area contributed by atoms with E-state index in [0.29, 0.717) is 18.1 Å². The highest BCUT2D eigenvalue weighted by Gasteiger charge is 2.33. The van der Waals surface area contributed by atoms with Gasteiger partial charge in [0, 0.05) is 13.1 Å². The van der Waals surface area contributed by atoms with Crippen LogP contribution in [0.3, 0.4) is 0 Å². The summed E-state index contributed by atoms with van der Waals surface area (Å²) in [5, 5.41) is 6.73. The molecule has 1 atom stereocenters. The number of hydrogen-bond donors (Lipinski definition) is 1. The van der Waals surface area contributed by atoms with Crippen LogP contribution >= 0.6 is 0 Å². The lowest BCUT2D eigenvalue weighted by molar-refractivity contribution is -0.123. The van der Waals surface area contributed by atoms with Crippen LogP contribution in [0, 0.1) is 0 Å². The lowest BCUT2D eigenvalue weighted by Crippen LogP contribution is -2.37. The molecule has 2 amide bonds. The molecule has 126 valence electrons. The third-order valence-corrected chi connectivity index (χ3v) is 3.59. The zero-order valence-corrected chi connectivity index (χ0v) is 13.2. The predicted molar refractivity (Wildman–Crippen MR) is 85.8 cm³/mol. The number of anilines is 1. The minimum Gasteiger partial charge on any atom is -0.484 e. The standard InChI is InChI=1S/C16H18N4O4/c1-19-15(7-8-18-19)20-10-13(24-16(20)22)9-17-14(21)11-23-12-5-3-2-4-6-12/h2-8,13H,9-11H2,1H3,(H,17,21). The number of carbonyl (C=O) groups excluding carboxylic acids is 2. The maximum Gasteiger partial charge on any atom is 0.416 e. The van der Waals surface area contributed by atoms with Crippen LogP contribution in [0.15, 0.2) is 42.6 Å². The van der Waals surface area contributed by atoms with Gasteiger partial charge in [-0.25, -0.2) is 4.79 Å². The van der Waals surface area contributed by atoms with Crippen molar-refractivity contribution in [2.75, 3.05) is 24.6 Å². The molecule has 1 aliphatic heterocycles. The maximum atomic E-state index is 11.9. The van der Waals surface area contributed by atoms with Gasteiger partial charge >= 0.3 is 6.09 Å². The summed E-state index contributed by atoms with van der Waals surface area (Å²) in [6.45, 7) is 0.505. The summed E-state index contributed by atoms with van der Waals surface area (Å²) in [5.41, 5.74) is 0. The normalized spacial score (nSPS) is 16.8. The van der Waals surface area contributed by atoms with E-state index in [1.165, 1.54) is 4.90 Å². The van der Waals surface area contributed by atoms with Crippen LogP contribution in [0.25, 0.3) is 0 Å². The summed E-state index contributed by atoms with van der Waals surface area (Å²) in [6, 6.07) is 10.8. The number of amides is 2. The molecule has 24 heavy (non-hydrogen) atoms. The first kappa shape index (κ1) is 15.9. The van der Waals surface area contributed by atoms with Crippen molar-refractivity contribution in [3.8, 4) is 5.75 Å². The SMILES string of the molecule is Cn1nccc1N1CC(CNC(=O)COc2ccccc2)OC1=O. The number of aryl methyl sites for hydroxylation is 1. The van der Waals surface area contributed by atoms with Gasteiger partial charge in [-0.3, -0.25) is 14.4 Å². The average Bonchev–Trinajstić information content (AvgIpc) is 3.17. The van der Waals surface area contributed by atoms with E-state index >= 15 is 0 Å². The van der Waals surface area contributed by atoms with Gasteiger partial charge in [0.05, 0.1) is 19.3 Å². The van der Waals surface area contributed by atoms with E-state index < -0.39 is 12.2 Å². The molecule has 1 aliphatic rings. The van der Waals surface area contributed by atoms with E-state index in [9.17, 15) is 9.59 Å². The topological polar surface area (TPSA) is 85.7 Å². The molecule has 2 aromatic rings. The second kappa shape index (κ2) is 7.03. The Bertz CT molecular complexity index is 716. The van der Waals surface area contributed by atoms with Crippen LogP contribution in [-0.2, 0) is 16.6 Å². The second-order valence-corrected chi connectivity index (χ2v) is 5.34. The number of nitrogens with zero attached hydrogens (tertiary/aromatic N) is 3. The molecule has 0 saturated carbocycles. The van der Waals surface area contributed by atoms with E-state index in [1.807, 2.05) is 18.2 Å². The van der Waals surface area contributed by atoms with Crippen molar-refractivity contribution in [2.45, 2.75) is 6.10 Å². The Morgan fingerprint density at radius 2 is 2.17 bits per heavy atom. The molecule has 0 bridgehead atoms. The van der Waals surface area contributed by atoms with Crippen LogP contribution in [0.4, 0.5) is 10.6 Å². The van der Waals surface area contributed by atoms with Crippen LogP contribution in [-0.4, -0.2) is 47.6 Å². The molecule has 1 unspecified atom stereocenters. The summed E-state index contributed by atoms with van der Waals surface area (Å²) in [5.74, 6) is 1.01. The van der Waals surface area contributed by atoms with E-state index in [0.717, 1.165) is 0 Å². The molecule has 0 aliphatic carbocycles. The molecule has 1 aromatic heterocycles. The molecule has 0 spiro atoms. The van der Waals surface area contributed by atoms with Crippen molar-refractivity contribution in [2.24, 2.45) is 7.05 Å². The molecule has 0 radical (unpaired) electrons. The number of carbonyl (C=O) groups is 2. The number of aromatic nitrogens is 2. The lowest BCUT2D eigenvalue weighted by Gasteiger charge is -2.13. The van der Waals surface area contributed by atoms with Crippen LogP contribution in [0.2, 0.25) is 0 Å². The van der Waals surface area contributed by atoms with Gasteiger partial charge in [0.25, 0.3) is 5.91 Å². The molecule has 8 heteroatoms. The highest BCUT2D eigenvalue weighted by Crippen LogP contribution is 2.20. The minimum absolute atomic E-state index is 0.0872. The number of rotatable bonds is 6. The van der Waals surface area contributed by atoms with E-state index in [1.54, 1.807) is 36.1 Å². The van der Waals surface area contributed by atoms with Crippen molar-refractivity contribution in [3.05, 3.63) is 42.6 Å². The Morgan fingerprint density at radius 1 is 1.38 bits per heavy atom. The van der Waals surface area contributed by atoms with E-state index in [2.05, 4.69) is 10.4 Å². The molecular formula is C16H18N4O4. The number of nitrogens with one attached hydrogen (secondary N) is 1. The third-order valence-electron chi connectivity index (χ3n) is 3.59. The first-order chi connectivity index (χ1) is 11.6. The zero-order valence-electron chi connectivity index (χ0n) is 13.2. The van der Waals surface area contributed by atoms with Gasteiger partial charge in [0.2, 0.25) is 0 Å². The van der Waals surface area contributed by atoms with Crippen LogP contribution < -0.4 is 15.0 Å². The Kier molecular flexibility index (Phi) is 4.64. The van der Waals surface area contributed by atoms with Crippen molar-refractivity contribution in [3.63, 3.8) is 0 Å². The summed E-state index contributed by atoms with van der Waals surface area (Å²) < 4.78 is 12.2. The summed E-state index contributed by atoms with van der Waals surface area (Å²) in [7, 11) is 1.75. The predicted octanol–water partition coefficient (Wildman–Crippen LogP) is 0.940. The lowest BCUT2D eigenvalue weighted by atomic mass is 10.3. The Balaban J connectivity index is 1.45. The molecule has 1 saturated heterocycles. The number of hydrogen-bond acceptors (Lipinski definition) is 5. The van der Waals surface area contributed by atoms with E-state index in [-0.39, 0.29) is 19.1 Å². The molecule has 3 rings (SSSR count). The number of para-hydroxylation sites is 1. The van der Waals surface area contributed by atoms with Crippen molar-refractivity contribution in [1.29, 1.82) is 0 Å². The van der Waals surface area contributed by atoms with Crippen LogP contribution in [0.1, 0.15) is 0 Å². The van der Waals surface area contributed by atoms with Gasteiger partial charge in [-0.1, -0.05) is 18.2 Å². The van der Waals surface area contributed by atoms with Gasteiger partial charge in [-0.15, -0.1) is 0 Å². The Labute approximate surface area is 139 Å². The van der Waals surface area contributed by atoms with Gasteiger partial charge in [0.1, 0.15) is 17.7 Å². The fourth-order valence-electron chi connectivity index (χ4n) is 2.39. The minimum atomic E-state index is -0.446. The number of cyclic esters (lactones) is 1. The zero-order chi connectivity index (χ0) is 16.9. The monoisotopic (exact) mass is 330 g/mol. The number of benzene rings is 1. The quantitative estimate of drug-likeness (QED) is 0.852. The Morgan fingerprint density at radius 3 is 2.88 bits per heavy atom. The molecule has 2 heterocycles. The Hall–Kier alpha value is -3.03. The molecule has 1 aromatic carbocycles. The van der Waals surface area contributed by atoms with Crippen LogP contribution in [0.5, 0.6) is 5.75 Å². The summed E-state index contributed by atoms with van der Waals surface area (Å²) in [6.07, 6.45) is 0.755. The van der Waals surface area contributed by atoms with Crippen molar-refractivity contribution in [1.82, 2.24) is 15.1 Å². The van der Waals surface area contributed by atoms with Gasteiger partial charge in [-0.05, 0) is 12.1 Å². The second-order valence-electron chi connectivity index (χ2n) is 5.34. The molecule has 1 N–H and O–H groups in total. The van der Waals surface area contributed by atoms with Gasteiger partial charge in [-0.2, -0.15) is 5.10 Å². The smallest absolute Gasteiger partial charge is 0.416 e. The van der Waals surface area contributed by atoms with Gasteiger partial charge in [0.15, 0.2) is 6.61 Å². The highest BCUT2D eigenvalue weighted by molar-refractivity contribution is 5.88. The molecular weight excluding hydrogens is 312 g/mol. The summed E-state index contributed by atoms with van der Waals surface area (Å²) >= 11 is 0. The van der Waals surface area contributed by atoms with E-state index in [4.69, 9.17) is 9.47 Å². The maximum absolute atomic E-state index is 11.9. The van der Waals surface area contributed by atoms with Crippen molar-refractivity contribution >= 4 is 17.8 Å². The fourth-order valence-corrected chi connectivity index (χ4v) is 2.39. The fraction of sp³-hybridized carbons (Fsp3) is 0.312. The first-order valence-corrected chi connectivity index (χ1v) is 7.54. The average molecular weight is 330 g/mol. The highest BCUT2D eigenvalue weighted by atomic mass is 16.6. The van der Waals surface area contributed by atoms with Crippen molar-refractivity contribution < 1.29 is 19.1 Å². The molecule has 8 nitrogen and oxygen atoms in total. The molecule has 1 fully saturated rings. The largest absolute Gasteiger partial charge is 0.484 e. The number of ether oxygens (including phenoxy) is 2. The first-order valence-electron chi connectivity index (χ1n) is 7.54.